The van der Waals surface area contributed by atoms with Crippen LogP contribution in [0.1, 0.15) is 36.5 Å². The van der Waals surface area contributed by atoms with E-state index in [1.54, 1.807) is 0 Å². The zero-order chi connectivity index (χ0) is 18.3. The molecular weight excluding hydrogens is 400 g/mol. The monoisotopic (exact) mass is 428 g/mol. The lowest BCUT2D eigenvalue weighted by Crippen LogP contribution is -2.38. The number of carbonyl (C=O) groups is 1. The summed E-state index contributed by atoms with van der Waals surface area (Å²) in [7, 11) is 0. The molecule has 0 saturated heterocycles. The van der Waals surface area contributed by atoms with Gasteiger partial charge in [0, 0.05) is 36.2 Å². The normalized spacial score (nSPS) is 11.2. The van der Waals surface area contributed by atoms with Crippen molar-refractivity contribution in [3.05, 3.63) is 34.3 Å². The number of benzene rings is 1. The number of nitrogens with zero attached hydrogens (tertiary/aromatic N) is 1. The topological polar surface area (TPSA) is 65.5 Å². The highest BCUT2D eigenvalue weighted by atomic mass is 79.9. The molecule has 0 unspecified atom stereocenters. The molecule has 0 aliphatic carbocycles. The van der Waals surface area contributed by atoms with Crippen molar-refractivity contribution in [3.8, 4) is 0 Å². The summed E-state index contributed by atoms with van der Waals surface area (Å²) in [5.41, 5.74) is 0.673. The van der Waals surface area contributed by atoms with E-state index >= 15 is 0 Å². The Kier molecular flexibility index (Phi) is 12.2. The van der Waals surface area contributed by atoms with Crippen LogP contribution in [0.15, 0.2) is 33.7 Å². The van der Waals surface area contributed by atoms with Gasteiger partial charge in [0.1, 0.15) is 0 Å². The molecule has 0 heterocycles. The Balaban J connectivity index is 2.23. The van der Waals surface area contributed by atoms with E-state index < -0.39 is 0 Å². The molecule has 0 aliphatic heterocycles. The molecule has 1 amide bonds. The first-order chi connectivity index (χ1) is 12.2. The molecule has 3 N–H and O–H groups in total. The van der Waals surface area contributed by atoms with Crippen LogP contribution in [-0.4, -0.2) is 50.1 Å². The van der Waals surface area contributed by atoms with Gasteiger partial charge < -0.3 is 16.0 Å². The van der Waals surface area contributed by atoms with E-state index in [0.29, 0.717) is 18.7 Å². The number of thioether (sulfide) groups is 1. The summed E-state index contributed by atoms with van der Waals surface area (Å²) in [6.07, 6.45) is 5.31. The van der Waals surface area contributed by atoms with E-state index in [0.717, 1.165) is 36.4 Å². The van der Waals surface area contributed by atoms with Gasteiger partial charge in [-0.1, -0.05) is 15.9 Å². The molecule has 0 bridgehead atoms. The van der Waals surface area contributed by atoms with Crippen molar-refractivity contribution in [2.45, 2.75) is 26.2 Å². The summed E-state index contributed by atoms with van der Waals surface area (Å²) < 4.78 is 0.968. The fraction of sp³-hybridized carbons (Fsp3) is 0.556. The van der Waals surface area contributed by atoms with E-state index in [-0.39, 0.29) is 5.91 Å². The van der Waals surface area contributed by atoms with Crippen molar-refractivity contribution in [2.75, 3.05) is 38.2 Å². The maximum Gasteiger partial charge on any atom is 0.251 e. The number of unbranched alkanes of at least 4 members (excludes halogenated alkanes) is 1. The zero-order valence-corrected chi connectivity index (χ0v) is 17.5. The largest absolute Gasteiger partial charge is 0.357 e. The number of rotatable bonds is 11. The first-order valence-electron chi connectivity index (χ1n) is 8.72. The second kappa shape index (κ2) is 14.0. The molecule has 5 nitrogen and oxygen atoms in total. The number of guanidine groups is 1. The molecule has 1 aromatic rings. The quantitative estimate of drug-likeness (QED) is 0.287. The zero-order valence-electron chi connectivity index (χ0n) is 15.1. The standard InChI is InChI=1S/C18H29BrN4OS/c1-3-20-18(22-11-4-5-14-25-2)23-13-6-12-21-17(24)15-7-9-16(19)10-8-15/h7-10H,3-6,11-14H2,1-2H3,(H,21,24)(H2,20,22,23). The number of hydrogen-bond acceptors (Lipinski definition) is 3. The molecule has 7 heteroatoms. The Morgan fingerprint density at radius 3 is 2.48 bits per heavy atom. The Bertz CT molecular complexity index is 522. The van der Waals surface area contributed by atoms with Gasteiger partial charge in [-0.05, 0) is 62.5 Å². The Morgan fingerprint density at radius 2 is 1.80 bits per heavy atom. The fourth-order valence-electron chi connectivity index (χ4n) is 2.10. The lowest BCUT2D eigenvalue weighted by molar-refractivity contribution is 0.0953. The third-order valence-electron chi connectivity index (χ3n) is 3.41. The fourth-order valence-corrected chi connectivity index (χ4v) is 2.85. The molecule has 1 rings (SSSR count). The molecule has 0 aromatic heterocycles. The average molecular weight is 429 g/mol. The molecule has 140 valence electrons. The highest BCUT2D eigenvalue weighted by Gasteiger charge is 2.03. The summed E-state index contributed by atoms with van der Waals surface area (Å²) in [6.45, 7) is 5.14. The first-order valence-corrected chi connectivity index (χ1v) is 10.9. The Labute approximate surface area is 164 Å². The predicted octanol–water partition coefficient (Wildman–Crippen LogP) is 3.27. The number of amides is 1. The van der Waals surface area contributed by atoms with Gasteiger partial charge in [-0.3, -0.25) is 9.79 Å². The lowest BCUT2D eigenvalue weighted by atomic mass is 10.2. The van der Waals surface area contributed by atoms with E-state index in [1.165, 1.54) is 12.2 Å². The Hall–Kier alpha value is -1.21. The van der Waals surface area contributed by atoms with Crippen LogP contribution < -0.4 is 16.0 Å². The van der Waals surface area contributed by atoms with Crippen molar-refractivity contribution in [1.82, 2.24) is 16.0 Å². The second-order valence-electron chi connectivity index (χ2n) is 5.50. The molecule has 1 aromatic carbocycles. The molecule has 0 saturated carbocycles. The third-order valence-corrected chi connectivity index (χ3v) is 4.63. The van der Waals surface area contributed by atoms with Gasteiger partial charge in [-0.25, -0.2) is 0 Å². The van der Waals surface area contributed by atoms with Crippen molar-refractivity contribution in [3.63, 3.8) is 0 Å². The molecule has 0 spiro atoms. The van der Waals surface area contributed by atoms with Gasteiger partial charge in [0.15, 0.2) is 5.96 Å². The SMILES string of the molecule is CCNC(=NCCCNC(=O)c1ccc(Br)cc1)NCCCCSC. The summed E-state index contributed by atoms with van der Waals surface area (Å²) in [4.78, 5) is 16.5. The average Bonchev–Trinajstić information content (AvgIpc) is 2.61. The molecule has 0 atom stereocenters. The van der Waals surface area contributed by atoms with Crippen LogP contribution in [-0.2, 0) is 0 Å². The maximum atomic E-state index is 12.0. The number of hydrogen-bond donors (Lipinski definition) is 3. The highest BCUT2D eigenvalue weighted by Crippen LogP contribution is 2.10. The van der Waals surface area contributed by atoms with Crippen molar-refractivity contribution >= 4 is 39.6 Å². The lowest BCUT2D eigenvalue weighted by Gasteiger charge is -2.11. The van der Waals surface area contributed by atoms with Crippen molar-refractivity contribution in [1.29, 1.82) is 0 Å². The van der Waals surface area contributed by atoms with E-state index in [2.05, 4.69) is 50.1 Å². The number of aliphatic imine (C=N–C) groups is 1. The van der Waals surface area contributed by atoms with Gasteiger partial charge in [0.2, 0.25) is 0 Å². The molecule has 0 aliphatic rings. The van der Waals surface area contributed by atoms with Crippen LogP contribution in [0, 0.1) is 0 Å². The van der Waals surface area contributed by atoms with Gasteiger partial charge in [-0.2, -0.15) is 11.8 Å². The molecular formula is C18H29BrN4OS. The van der Waals surface area contributed by atoms with Crippen LogP contribution in [0.5, 0.6) is 0 Å². The molecule has 0 fully saturated rings. The first kappa shape index (κ1) is 21.8. The van der Waals surface area contributed by atoms with Crippen LogP contribution in [0.4, 0.5) is 0 Å². The Morgan fingerprint density at radius 1 is 1.08 bits per heavy atom. The van der Waals surface area contributed by atoms with E-state index in [4.69, 9.17) is 0 Å². The van der Waals surface area contributed by atoms with Gasteiger partial charge in [-0.15, -0.1) is 0 Å². The van der Waals surface area contributed by atoms with E-state index in [9.17, 15) is 4.79 Å². The second-order valence-corrected chi connectivity index (χ2v) is 7.40. The summed E-state index contributed by atoms with van der Waals surface area (Å²) in [5, 5.41) is 9.52. The molecule has 0 radical (unpaired) electrons. The number of carbonyl (C=O) groups excluding carboxylic acids is 1. The van der Waals surface area contributed by atoms with Gasteiger partial charge >= 0.3 is 0 Å². The van der Waals surface area contributed by atoms with Gasteiger partial charge in [0.25, 0.3) is 5.91 Å². The summed E-state index contributed by atoms with van der Waals surface area (Å²) in [6, 6.07) is 7.35. The predicted molar refractivity (Wildman–Crippen MR) is 113 cm³/mol. The maximum absolute atomic E-state index is 12.0. The smallest absolute Gasteiger partial charge is 0.251 e. The summed E-state index contributed by atoms with van der Waals surface area (Å²) >= 11 is 5.25. The van der Waals surface area contributed by atoms with E-state index in [1.807, 2.05) is 36.0 Å². The minimum absolute atomic E-state index is 0.0460. The van der Waals surface area contributed by atoms with Crippen molar-refractivity contribution in [2.24, 2.45) is 4.99 Å². The van der Waals surface area contributed by atoms with Crippen LogP contribution in [0.2, 0.25) is 0 Å². The highest BCUT2D eigenvalue weighted by molar-refractivity contribution is 9.10. The summed E-state index contributed by atoms with van der Waals surface area (Å²) in [5.74, 6) is 2.01. The van der Waals surface area contributed by atoms with Crippen LogP contribution >= 0.6 is 27.7 Å². The van der Waals surface area contributed by atoms with Crippen molar-refractivity contribution < 1.29 is 4.79 Å². The minimum atomic E-state index is -0.0460. The van der Waals surface area contributed by atoms with Crippen LogP contribution in [0.25, 0.3) is 0 Å². The van der Waals surface area contributed by atoms with Crippen LogP contribution in [0.3, 0.4) is 0 Å². The number of nitrogens with one attached hydrogen (secondary N) is 3. The number of halogens is 1. The van der Waals surface area contributed by atoms with Gasteiger partial charge in [0.05, 0.1) is 0 Å². The minimum Gasteiger partial charge on any atom is -0.357 e. The molecule has 25 heavy (non-hydrogen) atoms. The third kappa shape index (κ3) is 10.4.